The van der Waals surface area contributed by atoms with Crippen LogP contribution in [0.3, 0.4) is 0 Å². The normalized spacial score (nSPS) is 11.0. The van der Waals surface area contributed by atoms with E-state index in [9.17, 15) is 4.79 Å². The fourth-order valence-electron chi connectivity index (χ4n) is 3.62. The highest BCUT2D eigenvalue weighted by molar-refractivity contribution is 6.36. The summed E-state index contributed by atoms with van der Waals surface area (Å²) in [6.45, 7) is 2.81. The number of pyridine rings is 1. The van der Waals surface area contributed by atoms with Gasteiger partial charge in [0, 0.05) is 24.5 Å². The van der Waals surface area contributed by atoms with Crippen molar-refractivity contribution < 1.29 is 9.53 Å². The summed E-state index contributed by atoms with van der Waals surface area (Å²) in [6.07, 6.45) is 3.96. The van der Waals surface area contributed by atoms with E-state index in [0.717, 1.165) is 35.5 Å². The predicted molar refractivity (Wildman–Crippen MR) is 135 cm³/mol. The zero-order valence-electron chi connectivity index (χ0n) is 18.6. The number of likely N-dealkylation sites (N-methyl/N-ethyl adjacent to an activating group) is 1. The van der Waals surface area contributed by atoms with E-state index < -0.39 is 0 Å². The Morgan fingerprint density at radius 2 is 1.82 bits per heavy atom. The van der Waals surface area contributed by atoms with Crippen molar-refractivity contribution in [2.75, 3.05) is 18.6 Å². The number of aromatic nitrogens is 2. The molecule has 0 aliphatic rings. The van der Waals surface area contributed by atoms with Crippen LogP contribution in [0.15, 0.2) is 66.9 Å². The first-order valence-electron chi connectivity index (χ1n) is 10.9. The minimum Gasteiger partial charge on any atom is -0.494 e. The van der Waals surface area contributed by atoms with Gasteiger partial charge in [0.15, 0.2) is 5.65 Å². The average molecular weight is 482 g/mol. The Hall–Kier alpha value is -3.02. The van der Waals surface area contributed by atoms with Crippen LogP contribution in [0.2, 0.25) is 10.0 Å². The van der Waals surface area contributed by atoms with E-state index >= 15 is 0 Å². The van der Waals surface area contributed by atoms with Gasteiger partial charge in [0.2, 0.25) is 5.91 Å². The maximum absolute atomic E-state index is 13.2. The number of rotatable bonds is 8. The topological polar surface area (TPSA) is 46.8 Å². The number of imidazole rings is 1. The number of anilines is 1. The van der Waals surface area contributed by atoms with E-state index in [-0.39, 0.29) is 12.3 Å². The molecule has 0 saturated carbocycles. The lowest BCUT2D eigenvalue weighted by Gasteiger charge is -2.17. The molecule has 0 fully saturated rings. The van der Waals surface area contributed by atoms with Crippen LogP contribution < -0.4 is 9.64 Å². The van der Waals surface area contributed by atoms with E-state index in [1.165, 1.54) is 0 Å². The molecule has 4 aromatic rings. The number of fused-ring (bicyclic) bond motifs is 1. The first kappa shape index (κ1) is 23.1. The molecule has 0 bridgehead atoms. The molecule has 0 atom stereocenters. The summed E-state index contributed by atoms with van der Waals surface area (Å²) in [7, 11) is 1.77. The maximum atomic E-state index is 13.2. The number of amides is 1. The van der Waals surface area contributed by atoms with Crippen LogP contribution in [0.1, 0.15) is 25.5 Å². The monoisotopic (exact) mass is 481 g/mol. The Bertz CT molecular complexity index is 1250. The Morgan fingerprint density at radius 3 is 2.52 bits per heavy atom. The number of unbranched alkanes of at least 4 members (excludes halogenated alkanes) is 1. The van der Waals surface area contributed by atoms with E-state index in [4.69, 9.17) is 32.9 Å². The van der Waals surface area contributed by atoms with Gasteiger partial charge in [0.1, 0.15) is 5.75 Å². The molecule has 0 aliphatic carbocycles. The second-order valence-electron chi connectivity index (χ2n) is 7.80. The molecular formula is C26H25Cl2N3O2. The summed E-state index contributed by atoms with van der Waals surface area (Å²) in [6, 6.07) is 18.9. The third kappa shape index (κ3) is 5.15. The van der Waals surface area contributed by atoms with Gasteiger partial charge in [-0.2, -0.15) is 0 Å². The van der Waals surface area contributed by atoms with Crippen molar-refractivity contribution in [3.8, 4) is 17.0 Å². The molecule has 0 saturated heterocycles. The lowest BCUT2D eigenvalue weighted by atomic mass is 10.1. The molecule has 7 heteroatoms. The number of hydrogen-bond acceptors (Lipinski definition) is 3. The lowest BCUT2D eigenvalue weighted by Crippen LogP contribution is -2.28. The van der Waals surface area contributed by atoms with Gasteiger partial charge >= 0.3 is 0 Å². The number of ether oxygens (including phenoxy) is 1. The molecule has 2 aromatic carbocycles. The van der Waals surface area contributed by atoms with Gasteiger partial charge in [-0.25, -0.2) is 4.98 Å². The van der Waals surface area contributed by atoms with Crippen LogP contribution in [-0.4, -0.2) is 28.9 Å². The van der Waals surface area contributed by atoms with Gasteiger partial charge in [-0.05, 0) is 48.9 Å². The van der Waals surface area contributed by atoms with Crippen LogP contribution in [-0.2, 0) is 11.2 Å². The first-order chi connectivity index (χ1) is 16.0. The molecule has 0 radical (unpaired) electrons. The van der Waals surface area contributed by atoms with Crippen molar-refractivity contribution in [1.82, 2.24) is 9.38 Å². The molecular weight excluding hydrogens is 457 g/mol. The Kier molecular flexibility index (Phi) is 7.21. The molecule has 0 aliphatic heterocycles. The van der Waals surface area contributed by atoms with Crippen LogP contribution >= 0.6 is 23.2 Å². The minimum absolute atomic E-state index is 0.0696. The highest BCUT2D eigenvalue weighted by Gasteiger charge is 2.21. The minimum atomic E-state index is -0.0696. The van der Waals surface area contributed by atoms with Crippen molar-refractivity contribution in [1.29, 1.82) is 0 Å². The van der Waals surface area contributed by atoms with E-state index in [2.05, 4.69) is 6.92 Å². The molecule has 2 heterocycles. The van der Waals surface area contributed by atoms with E-state index in [1.807, 2.05) is 59.0 Å². The maximum Gasteiger partial charge on any atom is 0.232 e. The molecule has 2 aromatic heterocycles. The second kappa shape index (κ2) is 10.3. The largest absolute Gasteiger partial charge is 0.494 e. The van der Waals surface area contributed by atoms with Crippen molar-refractivity contribution in [3.63, 3.8) is 0 Å². The van der Waals surface area contributed by atoms with Crippen molar-refractivity contribution in [2.24, 2.45) is 0 Å². The SMILES string of the molecule is CCCCOc1ccc(-c2nc3c(Cl)cc(Cl)cn3c2CC(=O)N(C)c2ccccc2)cc1. The average Bonchev–Trinajstić information content (AvgIpc) is 3.18. The van der Waals surface area contributed by atoms with Crippen molar-refractivity contribution in [2.45, 2.75) is 26.2 Å². The fourth-order valence-corrected chi connectivity index (χ4v) is 4.13. The summed E-state index contributed by atoms with van der Waals surface area (Å²) < 4.78 is 7.59. The van der Waals surface area contributed by atoms with E-state index in [0.29, 0.717) is 28.0 Å². The van der Waals surface area contributed by atoms with Gasteiger partial charge < -0.3 is 14.0 Å². The lowest BCUT2D eigenvalue weighted by molar-refractivity contribution is -0.117. The van der Waals surface area contributed by atoms with Crippen molar-refractivity contribution >= 4 is 40.4 Å². The standard InChI is InChI=1S/C26H25Cl2N3O2/c1-3-4-14-33-21-12-10-18(11-13-21)25-23(31-17-19(27)15-22(28)26(31)29-25)16-24(32)30(2)20-8-6-5-7-9-20/h5-13,15,17H,3-4,14,16H2,1-2H3. The molecule has 1 amide bonds. The van der Waals surface area contributed by atoms with E-state index in [1.54, 1.807) is 24.2 Å². The summed E-state index contributed by atoms with van der Waals surface area (Å²) in [4.78, 5) is 19.6. The van der Waals surface area contributed by atoms with Crippen LogP contribution in [0.4, 0.5) is 5.69 Å². The molecule has 0 N–H and O–H groups in total. The number of carbonyl (C=O) groups excluding carboxylic acids is 1. The Morgan fingerprint density at radius 1 is 1.09 bits per heavy atom. The molecule has 170 valence electrons. The molecule has 0 unspecified atom stereocenters. The van der Waals surface area contributed by atoms with Crippen LogP contribution in [0.5, 0.6) is 5.75 Å². The van der Waals surface area contributed by atoms with Gasteiger partial charge in [0.25, 0.3) is 0 Å². The fraction of sp³-hybridized carbons (Fsp3) is 0.231. The summed E-state index contributed by atoms with van der Waals surface area (Å²) in [5, 5.41) is 0.902. The summed E-state index contributed by atoms with van der Waals surface area (Å²) in [5.41, 5.74) is 3.67. The predicted octanol–water partition coefficient (Wildman–Crippen LogP) is 6.69. The molecule has 0 spiro atoms. The molecule has 33 heavy (non-hydrogen) atoms. The van der Waals surface area contributed by atoms with Crippen LogP contribution in [0.25, 0.3) is 16.9 Å². The number of carbonyl (C=O) groups is 1. The number of para-hydroxylation sites is 1. The number of nitrogens with zero attached hydrogens (tertiary/aromatic N) is 3. The number of halogens is 2. The van der Waals surface area contributed by atoms with Crippen molar-refractivity contribution in [3.05, 3.63) is 82.6 Å². The van der Waals surface area contributed by atoms with Gasteiger partial charge in [-0.15, -0.1) is 0 Å². The zero-order chi connectivity index (χ0) is 23.4. The highest BCUT2D eigenvalue weighted by Crippen LogP contribution is 2.31. The van der Waals surface area contributed by atoms with Gasteiger partial charge in [-0.3, -0.25) is 4.79 Å². The number of benzene rings is 2. The van der Waals surface area contributed by atoms with Crippen LogP contribution in [0, 0.1) is 0 Å². The molecule has 5 nitrogen and oxygen atoms in total. The summed E-state index contributed by atoms with van der Waals surface area (Å²) >= 11 is 12.7. The van der Waals surface area contributed by atoms with Gasteiger partial charge in [-0.1, -0.05) is 54.7 Å². The number of hydrogen-bond donors (Lipinski definition) is 0. The third-order valence-electron chi connectivity index (χ3n) is 5.47. The quantitative estimate of drug-likeness (QED) is 0.263. The third-order valence-corrected chi connectivity index (χ3v) is 5.96. The molecule has 4 rings (SSSR count). The van der Waals surface area contributed by atoms with Gasteiger partial charge in [0.05, 0.1) is 34.5 Å². The first-order valence-corrected chi connectivity index (χ1v) is 11.6. The Balaban J connectivity index is 1.71. The summed E-state index contributed by atoms with van der Waals surface area (Å²) in [5.74, 6) is 0.735. The second-order valence-corrected chi connectivity index (χ2v) is 8.64. The Labute approximate surface area is 203 Å². The zero-order valence-corrected chi connectivity index (χ0v) is 20.1. The highest BCUT2D eigenvalue weighted by atomic mass is 35.5. The smallest absolute Gasteiger partial charge is 0.232 e.